The quantitative estimate of drug-likeness (QED) is 0.665. The molecule has 0 unspecified atom stereocenters. The van der Waals surface area contributed by atoms with E-state index >= 15 is 0 Å². The normalized spacial score (nSPS) is 11.0. The molecule has 0 saturated carbocycles. The molecule has 21 heavy (non-hydrogen) atoms. The summed E-state index contributed by atoms with van der Waals surface area (Å²) in [6.07, 6.45) is -2.65. The fourth-order valence-corrected chi connectivity index (χ4v) is 1.70. The lowest BCUT2D eigenvalue weighted by atomic mass is 10.2. The van der Waals surface area contributed by atoms with Gasteiger partial charge in [0.2, 0.25) is 0 Å². The number of anilines is 2. The number of halogens is 4. The van der Waals surface area contributed by atoms with Crippen molar-refractivity contribution < 1.29 is 17.9 Å². The van der Waals surface area contributed by atoms with Crippen molar-refractivity contribution >= 4 is 29.3 Å². The van der Waals surface area contributed by atoms with Gasteiger partial charge in [-0.3, -0.25) is 0 Å². The molecule has 2 N–H and O–H groups in total. The molecule has 0 aliphatic carbocycles. The van der Waals surface area contributed by atoms with Gasteiger partial charge in [0.25, 0.3) is 0 Å². The molecule has 1 aromatic carbocycles. The molecule has 0 fully saturated rings. The SMILES string of the molecule is N=Cc1c(Cl)ncnc1Nc1cccc(OC(F)(F)F)c1. The first kappa shape index (κ1) is 15.0. The molecule has 1 aromatic heterocycles. The Balaban J connectivity index is 2.26. The fourth-order valence-electron chi connectivity index (χ4n) is 1.51. The predicted octanol–water partition coefficient (Wildman–Crippen LogP) is 3.77. The zero-order chi connectivity index (χ0) is 15.5. The highest BCUT2D eigenvalue weighted by atomic mass is 35.5. The topological polar surface area (TPSA) is 70.9 Å². The maximum atomic E-state index is 12.2. The molecule has 0 amide bonds. The predicted molar refractivity (Wildman–Crippen MR) is 71.3 cm³/mol. The van der Waals surface area contributed by atoms with Crippen LogP contribution in [0.25, 0.3) is 0 Å². The van der Waals surface area contributed by atoms with Gasteiger partial charge in [0.1, 0.15) is 23.0 Å². The first-order valence-electron chi connectivity index (χ1n) is 5.53. The maximum absolute atomic E-state index is 12.2. The van der Waals surface area contributed by atoms with Crippen molar-refractivity contribution in [3.05, 3.63) is 41.3 Å². The van der Waals surface area contributed by atoms with E-state index in [1.165, 1.54) is 24.5 Å². The van der Waals surface area contributed by atoms with Crippen molar-refractivity contribution in [2.24, 2.45) is 0 Å². The summed E-state index contributed by atoms with van der Waals surface area (Å²) in [7, 11) is 0. The van der Waals surface area contributed by atoms with Crippen LogP contribution in [0, 0.1) is 5.41 Å². The molecule has 0 atom stereocenters. The Hall–Kier alpha value is -2.35. The number of hydrogen-bond donors (Lipinski definition) is 2. The lowest BCUT2D eigenvalue weighted by Gasteiger charge is -2.12. The molecule has 0 aliphatic rings. The smallest absolute Gasteiger partial charge is 0.406 e. The summed E-state index contributed by atoms with van der Waals surface area (Å²) in [4.78, 5) is 7.60. The highest BCUT2D eigenvalue weighted by Crippen LogP contribution is 2.27. The van der Waals surface area contributed by atoms with E-state index in [0.717, 1.165) is 12.3 Å². The van der Waals surface area contributed by atoms with Crippen molar-refractivity contribution in [3.8, 4) is 5.75 Å². The van der Waals surface area contributed by atoms with Crippen molar-refractivity contribution in [3.63, 3.8) is 0 Å². The summed E-state index contributed by atoms with van der Waals surface area (Å²) in [6.45, 7) is 0. The van der Waals surface area contributed by atoms with Gasteiger partial charge in [-0.1, -0.05) is 17.7 Å². The van der Waals surface area contributed by atoms with Crippen LogP contribution in [0.3, 0.4) is 0 Å². The standard InChI is InChI=1S/C12H8ClF3N4O/c13-10-9(5-17)11(19-6-18-10)20-7-2-1-3-8(4-7)21-12(14,15)16/h1-6,17H,(H,18,19,20). The third-order valence-corrected chi connectivity index (χ3v) is 2.61. The van der Waals surface area contributed by atoms with Crippen LogP contribution in [0.4, 0.5) is 24.7 Å². The lowest BCUT2D eigenvalue weighted by Crippen LogP contribution is -2.17. The summed E-state index contributed by atoms with van der Waals surface area (Å²) < 4.78 is 40.3. The Kier molecular flexibility index (Phi) is 4.27. The van der Waals surface area contributed by atoms with E-state index in [9.17, 15) is 13.2 Å². The maximum Gasteiger partial charge on any atom is 0.573 e. The second-order valence-electron chi connectivity index (χ2n) is 3.77. The van der Waals surface area contributed by atoms with Gasteiger partial charge in [0.15, 0.2) is 0 Å². The highest BCUT2D eigenvalue weighted by Gasteiger charge is 2.31. The van der Waals surface area contributed by atoms with Crippen molar-refractivity contribution in [2.75, 3.05) is 5.32 Å². The summed E-state index contributed by atoms with van der Waals surface area (Å²) in [5.74, 6) is -0.168. The Labute approximate surface area is 122 Å². The van der Waals surface area contributed by atoms with Crippen LogP contribution < -0.4 is 10.1 Å². The minimum absolute atomic E-state index is 0.0604. The van der Waals surface area contributed by atoms with Crippen LogP contribution in [0.15, 0.2) is 30.6 Å². The van der Waals surface area contributed by atoms with Gasteiger partial charge < -0.3 is 15.5 Å². The third kappa shape index (κ3) is 4.06. The largest absolute Gasteiger partial charge is 0.573 e. The summed E-state index contributed by atoms with van der Waals surface area (Å²) in [5.41, 5.74) is 0.524. The molecule has 0 spiro atoms. The van der Waals surface area contributed by atoms with E-state index < -0.39 is 6.36 Å². The Morgan fingerprint density at radius 1 is 1.29 bits per heavy atom. The minimum atomic E-state index is -4.77. The Bertz CT molecular complexity index is 663. The van der Waals surface area contributed by atoms with Gasteiger partial charge in [-0.05, 0) is 12.1 Å². The van der Waals surface area contributed by atoms with Crippen LogP contribution in [-0.4, -0.2) is 22.5 Å². The average molecular weight is 317 g/mol. The lowest BCUT2D eigenvalue weighted by molar-refractivity contribution is -0.274. The first-order chi connectivity index (χ1) is 9.89. The Morgan fingerprint density at radius 3 is 2.71 bits per heavy atom. The van der Waals surface area contributed by atoms with E-state index in [4.69, 9.17) is 17.0 Å². The zero-order valence-corrected chi connectivity index (χ0v) is 11.0. The van der Waals surface area contributed by atoms with E-state index in [2.05, 4.69) is 20.0 Å². The summed E-state index contributed by atoms with van der Waals surface area (Å²) in [5, 5.41) is 10.1. The van der Waals surface area contributed by atoms with Crippen LogP contribution in [0.1, 0.15) is 5.56 Å². The number of aromatic nitrogens is 2. The number of nitrogens with zero attached hydrogens (tertiary/aromatic N) is 2. The highest BCUT2D eigenvalue weighted by molar-refractivity contribution is 6.32. The second-order valence-corrected chi connectivity index (χ2v) is 4.13. The van der Waals surface area contributed by atoms with E-state index in [1.807, 2.05) is 0 Å². The first-order valence-corrected chi connectivity index (χ1v) is 5.90. The number of alkyl halides is 3. The van der Waals surface area contributed by atoms with Gasteiger partial charge in [-0.15, -0.1) is 13.2 Å². The fraction of sp³-hybridized carbons (Fsp3) is 0.0833. The summed E-state index contributed by atoms with van der Waals surface area (Å²) in [6, 6.07) is 5.23. The number of rotatable bonds is 4. The second kappa shape index (κ2) is 5.96. The molecule has 0 bridgehead atoms. The van der Waals surface area contributed by atoms with Gasteiger partial charge in [-0.2, -0.15) is 0 Å². The molecule has 110 valence electrons. The summed E-state index contributed by atoms with van der Waals surface area (Å²) >= 11 is 5.80. The van der Waals surface area contributed by atoms with Crippen molar-refractivity contribution in [1.82, 2.24) is 9.97 Å². The van der Waals surface area contributed by atoms with Crippen LogP contribution >= 0.6 is 11.6 Å². The average Bonchev–Trinajstić information content (AvgIpc) is 2.37. The van der Waals surface area contributed by atoms with Crippen molar-refractivity contribution in [1.29, 1.82) is 5.41 Å². The van der Waals surface area contributed by atoms with Crippen LogP contribution in [0.5, 0.6) is 5.75 Å². The monoisotopic (exact) mass is 316 g/mol. The molecule has 0 saturated heterocycles. The minimum Gasteiger partial charge on any atom is -0.406 e. The molecule has 9 heteroatoms. The molecule has 0 aliphatic heterocycles. The van der Waals surface area contributed by atoms with Crippen molar-refractivity contribution in [2.45, 2.75) is 6.36 Å². The molecule has 5 nitrogen and oxygen atoms in total. The van der Waals surface area contributed by atoms with Gasteiger partial charge in [0, 0.05) is 18.0 Å². The van der Waals surface area contributed by atoms with E-state index in [1.54, 1.807) is 0 Å². The van der Waals surface area contributed by atoms with E-state index in [-0.39, 0.29) is 22.3 Å². The van der Waals surface area contributed by atoms with Crippen LogP contribution in [0.2, 0.25) is 5.15 Å². The third-order valence-electron chi connectivity index (χ3n) is 2.31. The van der Waals surface area contributed by atoms with Gasteiger partial charge >= 0.3 is 6.36 Å². The molecular formula is C12H8ClF3N4O. The van der Waals surface area contributed by atoms with Gasteiger partial charge in [-0.25, -0.2) is 9.97 Å². The molecule has 0 radical (unpaired) electrons. The molecular weight excluding hydrogens is 309 g/mol. The van der Waals surface area contributed by atoms with Crippen LogP contribution in [-0.2, 0) is 0 Å². The number of ether oxygens (including phenoxy) is 1. The van der Waals surface area contributed by atoms with Gasteiger partial charge in [0.05, 0.1) is 5.56 Å². The number of nitrogens with one attached hydrogen (secondary N) is 2. The number of hydrogen-bond acceptors (Lipinski definition) is 5. The molecule has 1 heterocycles. The molecule has 2 rings (SSSR count). The Morgan fingerprint density at radius 2 is 2.05 bits per heavy atom. The zero-order valence-electron chi connectivity index (χ0n) is 10.3. The van der Waals surface area contributed by atoms with E-state index in [0.29, 0.717) is 5.69 Å². The molecule has 2 aromatic rings. The number of benzene rings is 1.